The van der Waals surface area contributed by atoms with Crippen LogP contribution in [0.2, 0.25) is 0 Å². The van der Waals surface area contributed by atoms with E-state index in [1.807, 2.05) is 0 Å². The van der Waals surface area contributed by atoms with Crippen LogP contribution < -0.4 is 10.2 Å². The predicted octanol–water partition coefficient (Wildman–Crippen LogP) is 2.51. The molecular formula is C15H25N3. The highest BCUT2D eigenvalue weighted by Crippen LogP contribution is 2.32. The number of rotatable bonds is 3. The van der Waals surface area contributed by atoms with Gasteiger partial charge in [0.05, 0.1) is 11.4 Å². The van der Waals surface area contributed by atoms with Crippen LogP contribution in [0.15, 0.2) is 24.3 Å². The summed E-state index contributed by atoms with van der Waals surface area (Å²) in [6, 6.07) is 8.63. The highest BCUT2D eigenvalue weighted by molar-refractivity contribution is 5.71. The van der Waals surface area contributed by atoms with Crippen molar-refractivity contribution in [3.8, 4) is 0 Å². The lowest BCUT2D eigenvalue weighted by atomic mass is 9.93. The molecule has 1 heterocycles. The van der Waals surface area contributed by atoms with E-state index in [9.17, 15) is 0 Å². The molecule has 0 aromatic heterocycles. The average molecular weight is 247 g/mol. The highest BCUT2D eigenvalue weighted by Gasteiger charge is 2.26. The zero-order valence-electron chi connectivity index (χ0n) is 12.0. The Balaban J connectivity index is 2.23. The van der Waals surface area contributed by atoms with Gasteiger partial charge in [-0.25, -0.2) is 0 Å². The van der Waals surface area contributed by atoms with E-state index in [1.165, 1.54) is 11.4 Å². The number of fused-ring (bicyclic) bond motifs is 1. The monoisotopic (exact) mass is 247 g/mol. The van der Waals surface area contributed by atoms with Gasteiger partial charge in [-0.2, -0.15) is 0 Å². The molecule has 0 bridgehead atoms. The summed E-state index contributed by atoms with van der Waals surface area (Å²) < 4.78 is 0. The number of likely N-dealkylation sites (N-methyl/N-ethyl adjacent to an activating group) is 1. The second-order valence-electron chi connectivity index (χ2n) is 6.26. The Hall–Kier alpha value is -1.22. The summed E-state index contributed by atoms with van der Waals surface area (Å²) in [5, 5.41) is 3.58. The van der Waals surface area contributed by atoms with E-state index in [2.05, 4.69) is 67.3 Å². The molecule has 0 radical (unpaired) electrons. The third-order valence-electron chi connectivity index (χ3n) is 3.44. The van der Waals surface area contributed by atoms with Gasteiger partial charge in [0, 0.05) is 26.2 Å². The zero-order chi connectivity index (χ0) is 13.2. The van der Waals surface area contributed by atoms with E-state index in [1.54, 1.807) is 0 Å². The average Bonchev–Trinajstić information content (AvgIpc) is 2.44. The molecule has 1 aromatic rings. The molecule has 3 nitrogen and oxygen atoms in total. The molecule has 2 rings (SSSR count). The minimum absolute atomic E-state index is 0.297. The second kappa shape index (κ2) is 5.19. The van der Waals surface area contributed by atoms with Gasteiger partial charge in [0.15, 0.2) is 0 Å². The van der Waals surface area contributed by atoms with Crippen molar-refractivity contribution in [3.05, 3.63) is 24.3 Å². The van der Waals surface area contributed by atoms with Crippen LogP contribution >= 0.6 is 0 Å². The minimum Gasteiger partial charge on any atom is -0.383 e. The molecule has 1 N–H and O–H groups in total. The van der Waals surface area contributed by atoms with Crippen molar-refractivity contribution < 1.29 is 0 Å². The fourth-order valence-corrected chi connectivity index (χ4v) is 2.41. The largest absolute Gasteiger partial charge is 0.383 e. The normalized spacial score (nSPS) is 18.2. The van der Waals surface area contributed by atoms with E-state index in [0.29, 0.717) is 5.41 Å². The minimum atomic E-state index is 0.297. The highest BCUT2D eigenvalue weighted by atomic mass is 15.2. The number of para-hydroxylation sites is 2. The lowest BCUT2D eigenvalue weighted by Crippen LogP contribution is -2.39. The first-order chi connectivity index (χ1) is 8.48. The molecule has 1 aliphatic rings. The predicted molar refractivity (Wildman–Crippen MR) is 79.5 cm³/mol. The van der Waals surface area contributed by atoms with E-state index in [-0.39, 0.29) is 0 Å². The van der Waals surface area contributed by atoms with E-state index in [0.717, 1.165) is 26.2 Å². The SMILES string of the molecule is CN(C)CCN1CC(C)(C)CNc2ccccc21. The standard InChI is InChI=1S/C15H25N3/c1-15(2)11-16-13-7-5-6-8-14(13)18(12-15)10-9-17(3)4/h5-8,16H,9-12H2,1-4H3. The molecule has 100 valence electrons. The van der Waals surface area contributed by atoms with Crippen molar-refractivity contribution in [1.29, 1.82) is 0 Å². The van der Waals surface area contributed by atoms with Crippen molar-refractivity contribution in [3.63, 3.8) is 0 Å². The molecule has 1 aliphatic heterocycles. The molecule has 3 heteroatoms. The maximum absolute atomic E-state index is 3.58. The van der Waals surface area contributed by atoms with Crippen LogP contribution in [0.25, 0.3) is 0 Å². The lowest BCUT2D eigenvalue weighted by Gasteiger charge is -2.32. The molecule has 0 atom stereocenters. The van der Waals surface area contributed by atoms with E-state index in [4.69, 9.17) is 0 Å². The Kier molecular flexibility index (Phi) is 3.81. The molecular weight excluding hydrogens is 222 g/mol. The first kappa shape index (κ1) is 13.2. The van der Waals surface area contributed by atoms with E-state index >= 15 is 0 Å². The van der Waals surface area contributed by atoms with Gasteiger partial charge >= 0.3 is 0 Å². The number of hydrogen-bond acceptors (Lipinski definition) is 3. The number of benzene rings is 1. The van der Waals surface area contributed by atoms with Gasteiger partial charge in [-0.1, -0.05) is 26.0 Å². The Morgan fingerprint density at radius 2 is 2.00 bits per heavy atom. The van der Waals surface area contributed by atoms with Crippen molar-refractivity contribution in [2.75, 3.05) is 50.5 Å². The van der Waals surface area contributed by atoms with E-state index < -0.39 is 0 Å². The number of hydrogen-bond donors (Lipinski definition) is 1. The third kappa shape index (κ3) is 3.16. The molecule has 0 spiro atoms. The maximum Gasteiger partial charge on any atom is 0.0602 e. The topological polar surface area (TPSA) is 18.5 Å². The van der Waals surface area contributed by atoms with Crippen LogP contribution in [-0.4, -0.2) is 45.2 Å². The van der Waals surface area contributed by atoms with Crippen molar-refractivity contribution in [2.45, 2.75) is 13.8 Å². The van der Waals surface area contributed by atoms with Crippen LogP contribution in [0.3, 0.4) is 0 Å². The van der Waals surface area contributed by atoms with Crippen LogP contribution in [-0.2, 0) is 0 Å². The Morgan fingerprint density at radius 1 is 1.28 bits per heavy atom. The van der Waals surface area contributed by atoms with Crippen LogP contribution in [0, 0.1) is 5.41 Å². The first-order valence-corrected chi connectivity index (χ1v) is 6.70. The molecule has 0 saturated heterocycles. The number of nitrogens with zero attached hydrogens (tertiary/aromatic N) is 2. The summed E-state index contributed by atoms with van der Waals surface area (Å²) in [7, 11) is 4.26. The summed E-state index contributed by atoms with van der Waals surface area (Å²) in [5.41, 5.74) is 2.90. The smallest absolute Gasteiger partial charge is 0.0602 e. The third-order valence-corrected chi connectivity index (χ3v) is 3.44. The lowest BCUT2D eigenvalue weighted by molar-refractivity contribution is 0.371. The van der Waals surface area contributed by atoms with Gasteiger partial charge in [0.1, 0.15) is 0 Å². The second-order valence-corrected chi connectivity index (χ2v) is 6.26. The number of anilines is 2. The van der Waals surface area contributed by atoms with Crippen LogP contribution in [0.4, 0.5) is 11.4 Å². The molecule has 0 aliphatic carbocycles. The summed E-state index contributed by atoms with van der Waals surface area (Å²) in [6.45, 7) is 8.95. The molecule has 0 saturated carbocycles. The number of nitrogens with one attached hydrogen (secondary N) is 1. The van der Waals surface area contributed by atoms with Crippen molar-refractivity contribution in [1.82, 2.24) is 4.90 Å². The summed E-state index contributed by atoms with van der Waals surface area (Å²) >= 11 is 0. The van der Waals surface area contributed by atoms with Gasteiger partial charge < -0.3 is 15.1 Å². The molecule has 0 unspecified atom stereocenters. The zero-order valence-corrected chi connectivity index (χ0v) is 12.0. The Bertz CT molecular complexity index is 398. The van der Waals surface area contributed by atoms with Gasteiger partial charge in [0.25, 0.3) is 0 Å². The van der Waals surface area contributed by atoms with Crippen LogP contribution in [0.5, 0.6) is 0 Å². The van der Waals surface area contributed by atoms with Crippen molar-refractivity contribution in [2.24, 2.45) is 5.41 Å². The van der Waals surface area contributed by atoms with Gasteiger partial charge in [-0.3, -0.25) is 0 Å². The fraction of sp³-hybridized carbons (Fsp3) is 0.600. The maximum atomic E-state index is 3.58. The summed E-state index contributed by atoms with van der Waals surface area (Å²) in [5.74, 6) is 0. The van der Waals surface area contributed by atoms with Gasteiger partial charge in [0.2, 0.25) is 0 Å². The molecule has 0 amide bonds. The molecule has 1 aromatic carbocycles. The molecule has 18 heavy (non-hydrogen) atoms. The van der Waals surface area contributed by atoms with Crippen LogP contribution in [0.1, 0.15) is 13.8 Å². The summed E-state index contributed by atoms with van der Waals surface area (Å²) in [4.78, 5) is 4.75. The van der Waals surface area contributed by atoms with Gasteiger partial charge in [-0.15, -0.1) is 0 Å². The van der Waals surface area contributed by atoms with Crippen molar-refractivity contribution >= 4 is 11.4 Å². The fourth-order valence-electron chi connectivity index (χ4n) is 2.41. The summed E-state index contributed by atoms with van der Waals surface area (Å²) in [6.07, 6.45) is 0. The van der Waals surface area contributed by atoms with Gasteiger partial charge in [-0.05, 0) is 31.6 Å². The quantitative estimate of drug-likeness (QED) is 0.885. The molecule has 0 fully saturated rings. The Labute approximate surface area is 111 Å². The Morgan fingerprint density at radius 3 is 2.72 bits per heavy atom. The first-order valence-electron chi connectivity index (χ1n) is 6.70.